The first-order valence-electron chi connectivity index (χ1n) is 12.5. The van der Waals surface area contributed by atoms with Crippen LogP contribution in [0.15, 0.2) is 89.8 Å². The predicted octanol–water partition coefficient (Wildman–Crippen LogP) is 4.84. The number of aliphatic hydroxyl groups is 1. The van der Waals surface area contributed by atoms with E-state index in [1.54, 1.807) is 36.4 Å². The van der Waals surface area contributed by atoms with Crippen LogP contribution in [0.1, 0.15) is 31.4 Å². The van der Waals surface area contributed by atoms with Crippen molar-refractivity contribution in [3.63, 3.8) is 0 Å². The van der Waals surface area contributed by atoms with E-state index in [0.29, 0.717) is 11.3 Å². The SMILES string of the molecule is COc1ccc(S(=O)(=O)N(CCC(O)(Cc2ccccc2)N(Cc2ccccc2)C(=O)O)CC(C)C)cc1. The van der Waals surface area contributed by atoms with Gasteiger partial charge in [0.25, 0.3) is 0 Å². The molecule has 0 saturated carbocycles. The third-order valence-corrected chi connectivity index (χ3v) is 8.15. The van der Waals surface area contributed by atoms with E-state index < -0.39 is 21.8 Å². The van der Waals surface area contributed by atoms with Gasteiger partial charge in [0, 0.05) is 25.9 Å². The highest BCUT2D eigenvalue weighted by Crippen LogP contribution is 2.28. The van der Waals surface area contributed by atoms with Crippen molar-refractivity contribution in [2.75, 3.05) is 20.2 Å². The maximum absolute atomic E-state index is 13.6. The van der Waals surface area contributed by atoms with E-state index in [0.717, 1.165) is 10.5 Å². The van der Waals surface area contributed by atoms with Gasteiger partial charge in [-0.05, 0) is 41.3 Å². The lowest BCUT2D eigenvalue weighted by atomic mass is 9.96. The van der Waals surface area contributed by atoms with Crippen LogP contribution in [0.5, 0.6) is 5.75 Å². The molecule has 2 N–H and O–H groups in total. The minimum atomic E-state index is -3.92. The number of ether oxygens (including phenoxy) is 1. The number of carboxylic acid groups (broad SMARTS) is 1. The summed E-state index contributed by atoms with van der Waals surface area (Å²) in [6.07, 6.45) is -1.41. The largest absolute Gasteiger partial charge is 0.497 e. The highest BCUT2D eigenvalue weighted by atomic mass is 32.2. The van der Waals surface area contributed by atoms with Crippen LogP contribution in [0, 0.1) is 5.92 Å². The Hall–Kier alpha value is -3.40. The molecule has 0 aromatic heterocycles. The number of nitrogens with zero attached hydrogens (tertiary/aromatic N) is 2. The van der Waals surface area contributed by atoms with Crippen LogP contribution in [0.4, 0.5) is 4.79 Å². The zero-order valence-corrected chi connectivity index (χ0v) is 22.8. The van der Waals surface area contributed by atoms with Crippen LogP contribution in [0.3, 0.4) is 0 Å². The summed E-state index contributed by atoms with van der Waals surface area (Å²) in [5.74, 6) is 0.541. The van der Waals surface area contributed by atoms with Gasteiger partial charge < -0.3 is 14.9 Å². The number of methoxy groups -OCH3 is 1. The Bertz CT molecular complexity index is 1270. The summed E-state index contributed by atoms with van der Waals surface area (Å²) in [4.78, 5) is 13.6. The number of hydrogen-bond donors (Lipinski definition) is 2. The number of sulfonamides is 1. The monoisotopic (exact) mass is 540 g/mol. The molecule has 0 aliphatic rings. The fourth-order valence-corrected chi connectivity index (χ4v) is 5.92. The molecule has 3 aromatic rings. The summed E-state index contributed by atoms with van der Waals surface area (Å²) in [5.41, 5.74) is -0.415. The van der Waals surface area contributed by atoms with Crippen molar-refractivity contribution in [2.24, 2.45) is 5.92 Å². The van der Waals surface area contributed by atoms with Crippen LogP contribution >= 0.6 is 0 Å². The standard InChI is InChI=1S/C29H36N2O6S/c1-23(2)21-30(38(35,36)27-16-14-26(37-3)15-17-27)19-18-29(34,20-24-10-6-4-7-11-24)31(28(32)33)22-25-12-8-5-9-13-25/h4-17,23,34H,18-22H2,1-3H3,(H,32,33). The summed E-state index contributed by atoms with van der Waals surface area (Å²) < 4.78 is 33.7. The number of benzene rings is 3. The maximum atomic E-state index is 13.6. The number of carbonyl (C=O) groups is 1. The fourth-order valence-electron chi connectivity index (χ4n) is 4.32. The molecular formula is C29H36N2O6S. The van der Waals surface area contributed by atoms with Crippen LogP contribution in [-0.4, -0.2) is 59.9 Å². The van der Waals surface area contributed by atoms with Gasteiger partial charge >= 0.3 is 6.09 Å². The molecule has 3 aromatic carbocycles. The van der Waals surface area contributed by atoms with Crippen LogP contribution in [0.25, 0.3) is 0 Å². The average molecular weight is 541 g/mol. The molecule has 204 valence electrons. The smallest absolute Gasteiger partial charge is 0.409 e. The summed E-state index contributed by atoms with van der Waals surface area (Å²) >= 11 is 0. The Balaban J connectivity index is 1.96. The Morgan fingerprint density at radius 2 is 1.47 bits per heavy atom. The van der Waals surface area contributed by atoms with Crippen molar-refractivity contribution in [2.45, 2.75) is 43.9 Å². The van der Waals surface area contributed by atoms with E-state index in [4.69, 9.17) is 4.74 Å². The minimum Gasteiger partial charge on any atom is -0.497 e. The van der Waals surface area contributed by atoms with E-state index in [1.165, 1.54) is 23.5 Å². The predicted molar refractivity (Wildman–Crippen MR) is 146 cm³/mol. The third-order valence-electron chi connectivity index (χ3n) is 6.27. The molecule has 3 rings (SSSR count). The first kappa shape index (κ1) is 29.2. The van der Waals surface area contributed by atoms with Gasteiger partial charge in [-0.1, -0.05) is 74.5 Å². The second-order valence-electron chi connectivity index (χ2n) is 9.68. The van der Waals surface area contributed by atoms with Crippen LogP contribution in [-0.2, 0) is 23.0 Å². The Morgan fingerprint density at radius 1 is 0.921 bits per heavy atom. The van der Waals surface area contributed by atoms with Gasteiger partial charge in [-0.25, -0.2) is 13.2 Å². The van der Waals surface area contributed by atoms with Gasteiger partial charge in [0.05, 0.1) is 18.6 Å². The zero-order valence-electron chi connectivity index (χ0n) is 22.0. The van der Waals surface area contributed by atoms with E-state index in [2.05, 4.69) is 0 Å². The van der Waals surface area contributed by atoms with Gasteiger partial charge in [-0.15, -0.1) is 0 Å². The molecule has 0 heterocycles. The molecule has 1 atom stereocenters. The third kappa shape index (κ3) is 7.56. The molecule has 38 heavy (non-hydrogen) atoms. The molecule has 0 aliphatic carbocycles. The van der Waals surface area contributed by atoms with Gasteiger partial charge in [-0.3, -0.25) is 4.90 Å². The van der Waals surface area contributed by atoms with Crippen molar-refractivity contribution in [3.05, 3.63) is 96.1 Å². The van der Waals surface area contributed by atoms with E-state index in [-0.39, 0.29) is 43.3 Å². The normalized spacial score (nSPS) is 13.3. The molecule has 9 heteroatoms. The summed E-state index contributed by atoms with van der Waals surface area (Å²) in [7, 11) is -2.41. The number of amides is 1. The topological polar surface area (TPSA) is 107 Å². The molecule has 1 unspecified atom stereocenters. The molecular weight excluding hydrogens is 504 g/mol. The molecule has 0 radical (unpaired) electrons. The van der Waals surface area contributed by atoms with Crippen molar-refractivity contribution in [1.29, 1.82) is 0 Å². The summed E-state index contributed by atoms with van der Waals surface area (Å²) in [6.45, 7) is 3.90. The highest BCUT2D eigenvalue weighted by Gasteiger charge is 2.39. The zero-order chi connectivity index (χ0) is 27.8. The Labute approximate surface area is 225 Å². The van der Waals surface area contributed by atoms with Gasteiger partial charge in [0.1, 0.15) is 11.5 Å². The highest BCUT2D eigenvalue weighted by molar-refractivity contribution is 7.89. The molecule has 0 aliphatic heterocycles. The lowest BCUT2D eigenvalue weighted by molar-refractivity contribution is -0.103. The molecule has 8 nitrogen and oxygen atoms in total. The lowest BCUT2D eigenvalue weighted by Gasteiger charge is -2.39. The van der Waals surface area contributed by atoms with Crippen molar-refractivity contribution >= 4 is 16.1 Å². The molecule has 0 fully saturated rings. The first-order chi connectivity index (χ1) is 18.0. The lowest BCUT2D eigenvalue weighted by Crippen LogP contribution is -2.54. The van der Waals surface area contributed by atoms with E-state index in [1.807, 2.05) is 50.2 Å². The fraction of sp³-hybridized carbons (Fsp3) is 0.345. The Morgan fingerprint density at radius 3 is 1.97 bits per heavy atom. The van der Waals surface area contributed by atoms with Gasteiger partial charge in [0.2, 0.25) is 10.0 Å². The number of rotatable bonds is 13. The quantitative estimate of drug-likeness (QED) is 0.300. The van der Waals surface area contributed by atoms with Gasteiger partial charge in [-0.2, -0.15) is 4.31 Å². The van der Waals surface area contributed by atoms with Crippen molar-refractivity contribution in [1.82, 2.24) is 9.21 Å². The second-order valence-corrected chi connectivity index (χ2v) is 11.6. The number of hydrogen-bond acceptors (Lipinski definition) is 5. The Kier molecular flexibility index (Phi) is 9.90. The second kappa shape index (κ2) is 12.9. The van der Waals surface area contributed by atoms with E-state index in [9.17, 15) is 23.4 Å². The maximum Gasteiger partial charge on any atom is 0.409 e. The van der Waals surface area contributed by atoms with Crippen molar-refractivity contribution in [3.8, 4) is 5.75 Å². The molecule has 0 bridgehead atoms. The summed E-state index contributed by atoms with van der Waals surface area (Å²) in [5, 5.41) is 22.1. The molecule has 0 spiro atoms. The van der Waals surface area contributed by atoms with Crippen LogP contribution < -0.4 is 4.74 Å². The summed E-state index contributed by atoms with van der Waals surface area (Å²) in [6, 6.07) is 24.2. The van der Waals surface area contributed by atoms with Crippen LogP contribution in [0.2, 0.25) is 0 Å². The van der Waals surface area contributed by atoms with Gasteiger partial charge in [0.15, 0.2) is 0 Å². The first-order valence-corrected chi connectivity index (χ1v) is 13.9. The average Bonchev–Trinajstić information content (AvgIpc) is 2.90. The van der Waals surface area contributed by atoms with E-state index >= 15 is 0 Å². The minimum absolute atomic E-state index is 0.00475. The van der Waals surface area contributed by atoms with Crippen molar-refractivity contribution < 1.29 is 28.2 Å². The molecule has 0 saturated heterocycles. The molecule has 1 amide bonds.